The van der Waals surface area contributed by atoms with Gasteiger partial charge in [0.2, 0.25) is 5.95 Å². The second kappa shape index (κ2) is 5.83. The molecule has 0 amide bonds. The average molecular weight is 247 g/mol. The van der Waals surface area contributed by atoms with E-state index in [0.29, 0.717) is 17.4 Å². The predicted octanol–water partition coefficient (Wildman–Crippen LogP) is 0.156. The van der Waals surface area contributed by atoms with Gasteiger partial charge < -0.3 is 20.5 Å². The standard InChI is InChI=1S/C9H15ClN4O2/c1-14(4-6(15)5-16-2)8-7(10)3-12-9(11)13-8/h3,6,15H,4-5H2,1-2H3,(H2,11,12,13). The van der Waals surface area contributed by atoms with Crippen molar-refractivity contribution in [1.82, 2.24) is 9.97 Å². The first kappa shape index (κ1) is 13.0. The molecule has 1 aromatic heterocycles. The molecule has 0 saturated carbocycles. The summed E-state index contributed by atoms with van der Waals surface area (Å²) < 4.78 is 4.83. The maximum absolute atomic E-state index is 9.56. The second-order valence-corrected chi connectivity index (χ2v) is 3.80. The van der Waals surface area contributed by atoms with Crippen LogP contribution >= 0.6 is 11.6 Å². The largest absolute Gasteiger partial charge is 0.389 e. The minimum Gasteiger partial charge on any atom is -0.389 e. The van der Waals surface area contributed by atoms with Crippen molar-refractivity contribution in [2.24, 2.45) is 0 Å². The lowest BCUT2D eigenvalue weighted by molar-refractivity contribution is 0.0694. The van der Waals surface area contributed by atoms with Crippen LogP contribution in [-0.2, 0) is 4.74 Å². The van der Waals surface area contributed by atoms with Gasteiger partial charge >= 0.3 is 0 Å². The van der Waals surface area contributed by atoms with E-state index in [4.69, 9.17) is 22.1 Å². The number of anilines is 2. The lowest BCUT2D eigenvalue weighted by Crippen LogP contribution is -2.32. The Morgan fingerprint density at radius 1 is 1.69 bits per heavy atom. The summed E-state index contributed by atoms with van der Waals surface area (Å²) in [6, 6.07) is 0. The Hall–Kier alpha value is -1.11. The van der Waals surface area contributed by atoms with Crippen molar-refractivity contribution in [1.29, 1.82) is 0 Å². The summed E-state index contributed by atoms with van der Waals surface area (Å²) in [5.74, 6) is 0.636. The van der Waals surface area contributed by atoms with Gasteiger partial charge in [-0.15, -0.1) is 0 Å². The summed E-state index contributed by atoms with van der Waals surface area (Å²) in [6.45, 7) is 0.604. The van der Waals surface area contributed by atoms with Gasteiger partial charge in [-0.2, -0.15) is 4.98 Å². The number of nitrogens with zero attached hydrogens (tertiary/aromatic N) is 3. The van der Waals surface area contributed by atoms with Crippen molar-refractivity contribution in [2.75, 3.05) is 37.9 Å². The molecule has 0 radical (unpaired) electrons. The monoisotopic (exact) mass is 246 g/mol. The van der Waals surface area contributed by atoms with E-state index in [0.717, 1.165) is 0 Å². The van der Waals surface area contributed by atoms with Crippen LogP contribution in [0, 0.1) is 0 Å². The summed E-state index contributed by atoms with van der Waals surface area (Å²) in [4.78, 5) is 9.45. The number of aliphatic hydroxyl groups is 1. The van der Waals surface area contributed by atoms with Crippen LogP contribution in [0.5, 0.6) is 0 Å². The number of hydrogen-bond donors (Lipinski definition) is 2. The van der Waals surface area contributed by atoms with Crippen LogP contribution in [-0.4, -0.2) is 48.5 Å². The molecule has 7 heteroatoms. The molecule has 90 valence electrons. The predicted molar refractivity (Wildman–Crippen MR) is 62.6 cm³/mol. The van der Waals surface area contributed by atoms with Crippen LogP contribution in [0.25, 0.3) is 0 Å². The molecular weight excluding hydrogens is 232 g/mol. The van der Waals surface area contributed by atoms with Gasteiger partial charge in [-0.1, -0.05) is 11.6 Å². The summed E-state index contributed by atoms with van der Waals surface area (Å²) in [5, 5.41) is 9.95. The van der Waals surface area contributed by atoms with E-state index < -0.39 is 6.10 Å². The highest BCUT2D eigenvalue weighted by molar-refractivity contribution is 6.32. The molecule has 3 N–H and O–H groups in total. The van der Waals surface area contributed by atoms with Crippen molar-refractivity contribution in [2.45, 2.75) is 6.10 Å². The molecule has 1 heterocycles. The fraction of sp³-hybridized carbons (Fsp3) is 0.556. The highest BCUT2D eigenvalue weighted by Crippen LogP contribution is 2.21. The van der Waals surface area contributed by atoms with Crippen LogP contribution in [0.3, 0.4) is 0 Å². The number of halogens is 1. The number of nitrogens with two attached hydrogens (primary N) is 1. The van der Waals surface area contributed by atoms with Crippen LogP contribution in [0.15, 0.2) is 6.20 Å². The smallest absolute Gasteiger partial charge is 0.222 e. The van der Waals surface area contributed by atoms with Crippen molar-refractivity contribution in [3.63, 3.8) is 0 Å². The molecule has 6 nitrogen and oxygen atoms in total. The first-order valence-electron chi connectivity index (χ1n) is 4.70. The third kappa shape index (κ3) is 3.48. The van der Waals surface area contributed by atoms with Gasteiger partial charge in [-0.05, 0) is 0 Å². The molecule has 0 aliphatic heterocycles. The van der Waals surface area contributed by atoms with Gasteiger partial charge in [-0.3, -0.25) is 0 Å². The minimum absolute atomic E-state index is 0.146. The molecule has 0 fully saturated rings. The Bertz CT molecular complexity index is 350. The van der Waals surface area contributed by atoms with Gasteiger partial charge in [0.1, 0.15) is 5.02 Å². The van der Waals surface area contributed by atoms with Crippen LogP contribution < -0.4 is 10.6 Å². The van der Waals surface area contributed by atoms with Crippen molar-refractivity contribution in [3.8, 4) is 0 Å². The zero-order valence-corrected chi connectivity index (χ0v) is 9.98. The fourth-order valence-corrected chi connectivity index (χ4v) is 1.52. The summed E-state index contributed by atoms with van der Waals surface area (Å²) in [6.07, 6.45) is 0.820. The van der Waals surface area contributed by atoms with Gasteiger partial charge in [-0.25, -0.2) is 4.98 Å². The van der Waals surface area contributed by atoms with E-state index in [9.17, 15) is 5.11 Å². The first-order valence-corrected chi connectivity index (χ1v) is 5.08. The highest BCUT2D eigenvalue weighted by atomic mass is 35.5. The number of ether oxygens (including phenoxy) is 1. The summed E-state index contributed by atoms with van der Waals surface area (Å²) >= 11 is 5.92. The molecule has 1 atom stereocenters. The normalized spacial score (nSPS) is 12.5. The van der Waals surface area contributed by atoms with Gasteiger partial charge in [0.15, 0.2) is 5.82 Å². The van der Waals surface area contributed by atoms with Crippen molar-refractivity contribution in [3.05, 3.63) is 11.2 Å². The number of methoxy groups -OCH3 is 1. The van der Waals surface area contributed by atoms with Crippen LogP contribution in [0.4, 0.5) is 11.8 Å². The first-order chi connectivity index (χ1) is 7.54. The zero-order chi connectivity index (χ0) is 12.1. The fourth-order valence-electron chi connectivity index (χ4n) is 1.29. The minimum atomic E-state index is -0.609. The molecule has 0 bridgehead atoms. The third-order valence-electron chi connectivity index (χ3n) is 1.95. The number of rotatable bonds is 5. The van der Waals surface area contributed by atoms with E-state index in [2.05, 4.69) is 9.97 Å². The molecule has 0 aliphatic carbocycles. The lowest BCUT2D eigenvalue weighted by Gasteiger charge is -2.22. The zero-order valence-electron chi connectivity index (χ0n) is 9.22. The number of nitrogen functional groups attached to an aromatic ring is 1. The molecule has 0 spiro atoms. The third-order valence-corrected chi connectivity index (χ3v) is 2.22. The van der Waals surface area contributed by atoms with E-state index in [1.54, 1.807) is 11.9 Å². The molecule has 1 unspecified atom stereocenters. The van der Waals surface area contributed by atoms with E-state index in [1.165, 1.54) is 13.3 Å². The Labute approximate surface area is 99.0 Å². The van der Waals surface area contributed by atoms with E-state index >= 15 is 0 Å². The average Bonchev–Trinajstić information content (AvgIpc) is 2.21. The molecule has 0 aliphatic rings. The molecule has 0 saturated heterocycles. The number of aliphatic hydroxyl groups excluding tert-OH is 1. The Morgan fingerprint density at radius 3 is 3.00 bits per heavy atom. The molecule has 16 heavy (non-hydrogen) atoms. The van der Waals surface area contributed by atoms with E-state index in [1.807, 2.05) is 0 Å². The van der Waals surface area contributed by atoms with Crippen molar-refractivity contribution >= 4 is 23.4 Å². The molecular formula is C9H15ClN4O2. The molecule has 1 rings (SSSR count). The van der Waals surface area contributed by atoms with Crippen molar-refractivity contribution < 1.29 is 9.84 Å². The summed E-state index contributed by atoms with van der Waals surface area (Å²) in [7, 11) is 3.28. The van der Waals surface area contributed by atoms with Gasteiger partial charge in [0, 0.05) is 20.7 Å². The van der Waals surface area contributed by atoms with Crippen LogP contribution in [0.1, 0.15) is 0 Å². The molecule has 1 aromatic rings. The Morgan fingerprint density at radius 2 is 2.38 bits per heavy atom. The maximum Gasteiger partial charge on any atom is 0.222 e. The SMILES string of the molecule is COCC(O)CN(C)c1nc(N)ncc1Cl. The van der Waals surface area contributed by atoms with Crippen LogP contribution in [0.2, 0.25) is 5.02 Å². The lowest BCUT2D eigenvalue weighted by atomic mass is 10.3. The maximum atomic E-state index is 9.56. The quantitative estimate of drug-likeness (QED) is 0.770. The van der Waals surface area contributed by atoms with Gasteiger partial charge in [0.25, 0.3) is 0 Å². The number of aromatic nitrogens is 2. The van der Waals surface area contributed by atoms with E-state index in [-0.39, 0.29) is 12.6 Å². The Kier molecular flexibility index (Phi) is 4.72. The number of hydrogen-bond acceptors (Lipinski definition) is 6. The Balaban J connectivity index is 2.72. The second-order valence-electron chi connectivity index (χ2n) is 3.39. The molecule has 0 aromatic carbocycles. The highest BCUT2D eigenvalue weighted by Gasteiger charge is 2.13. The number of likely N-dealkylation sites (N-methyl/N-ethyl adjacent to an activating group) is 1. The van der Waals surface area contributed by atoms with Gasteiger partial charge in [0.05, 0.1) is 18.9 Å². The summed E-state index contributed by atoms with van der Waals surface area (Å²) in [5.41, 5.74) is 5.46. The topological polar surface area (TPSA) is 84.5 Å².